The first kappa shape index (κ1) is 13.2. The molecular weight excluding hydrogens is 252 g/mol. The van der Waals surface area contributed by atoms with Gasteiger partial charge in [0.25, 0.3) is 0 Å². The highest BCUT2D eigenvalue weighted by atomic mass is 32.2. The number of anilines is 2. The van der Waals surface area contributed by atoms with Crippen molar-refractivity contribution in [1.82, 2.24) is 9.78 Å². The van der Waals surface area contributed by atoms with Crippen molar-refractivity contribution in [2.75, 3.05) is 35.2 Å². The molecule has 2 rings (SSSR count). The lowest BCUT2D eigenvalue weighted by Gasteiger charge is -2.29. The number of sulfone groups is 1. The standard InChI is InChI=1S/C11H20N4O2S/c1-3-4-15-11(10(12)9(2)13-15)14-5-7-18(16,17)8-6-14/h3-8,12H2,1-2H3. The summed E-state index contributed by atoms with van der Waals surface area (Å²) in [5, 5.41) is 4.41. The highest BCUT2D eigenvalue weighted by molar-refractivity contribution is 7.91. The SMILES string of the molecule is CCCn1nc(C)c(N)c1N1CCS(=O)(=O)CC1. The van der Waals surface area contributed by atoms with Crippen molar-refractivity contribution in [3.8, 4) is 0 Å². The van der Waals surface area contributed by atoms with Gasteiger partial charge in [0.15, 0.2) is 15.7 Å². The number of aryl methyl sites for hydroxylation is 2. The van der Waals surface area contributed by atoms with E-state index in [0.717, 1.165) is 24.5 Å². The summed E-state index contributed by atoms with van der Waals surface area (Å²) in [5.74, 6) is 1.27. The van der Waals surface area contributed by atoms with Gasteiger partial charge in [-0.1, -0.05) is 6.92 Å². The van der Waals surface area contributed by atoms with E-state index in [0.29, 0.717) is 18.8 Å². The van der Waals surface area contributed by atoms with E-state index in [1.54, 1.807) is 0 Å². The molecule has 1 saturated heterocycles. The Morgan fingerprint density at radius 3 is 2.50 bits per heavy atom. The van der Waals surface area contributed by atoms with Gasteiger partial charge in [0.1, 0.15) is 0 Å². The zero-order chi connectivity index (χ0) is 13.3. The Balaban J connectivity index is 2.28. The lowest BCUT2D eigenvalue weighted by molar-refractivity contribution is 0.570. The topological polar surface area (TPSA) is 81.2 Å². The fraction of sp³-hybridized carbons (Fsp3) is 0.727. The summed E-state index contributed by atoms with van der Waals surface area (Å²) in [6, 6.07) is 0. The molecule has 18 heavy (non-hydrogen) atoms. The molecule has 1 aliphatic heterocycles. The van der Waals surface area contributed by atoms with Crippen molar-refractivity contribution in [1.29, 1.82) is 0 Å². The summed E-state index contributed by atoms with van der Waals surface area (Å²) in [4.78, 5) is 2.03. The average Bonchev–Trinajstić information content (AvgIpc) is 2.57. The molecule has 0 aromatic carbocycles. The molecule has 0 spiro atoms. The van der Waals surface area contributed by atoms with Gasteiger partial charge in [-0.2, -0.15) is 5.10 Å². The molecule has 2 N–H and O–H groups in total. The Morgan fingerprint density at radius 1 is 1.33 bits per heavy atom. The molecule has 1 aromatic rings. The first-order valence-corrected chi connectivity index (χ1v) is 8.05. The van der Waals surface area contributed by atoms with E-state index in [1.165, 1.54) is 0 Å². The van der Waals surface area contributed by atoms with Crippen molar-refractivity contribution >= 4 is 21.3 Å². The van der Waals surface area contributed by atoms with Crippen molar-refractivity contribution in [3.63, 3.8) is 0 Å². The Bertz CT molecular complexity index is 521. The minimum atomic E-state index is -2.87. The zero-order valence-electron chi connectivity index (χ0n) is 10.9. The number of nitrogen functional groups attached to an aromatic ring is 1. The minimum Gasteiger partial charge on any atom is -0.394 e. The van der Waals surface area contributed by atoms with Gasteiger partial charge in [-0.05, 0) is 13.3 Å². The van der Waals surface area contributed by atoms with Crippen LogP contribution in [0.25, 0.3) is 0 Å². The Hall–Kier alpha value is -1.24. The fourth-order valence-corrected chi connectivity index (χ4v) is 3.41. The van der Waals surface area contributed by atoms with E-state index in [9.17, 15) is 8.42 Å². The predicted octanol–water partition coefficient (Wildman–Crippen LogP) is 0.419. The molecule has 102 valence electrons. The molecule has 0 radical (unpaired) electrons. The maximum absolute atomic E-state index is 11.4. The van der Waals surface area contributed by atoms with E-state index in [1.807, 2.05) is 16.5 Å². The van der Waals surface area contributed by atoms with Crippen LogP contribution in [-0.4, -0.2) is 42.8 Å². The quantitative estimate of drug-likeness (QED) is 0.862. The fourth-order valence-electron chi connectivity index (χ4n) is 2.21. The summed E-state index contributed by atoms with van der Waals surface area (Å²) < 4.78 is 24.8. The predicted molar refractivity (Wildman–Crippen MR) is 72.5 cm³/mol. The van der Waals surface area contributed by atoms with Crippen molar-refractivity contribution < 1.29 is 8.42 Å². The van der Waals surface area contributed by atoms with Gasteiger partial charge >= 0.3 is 0 Å². The minimum absolute atomic E-state index is 0.197. The summed E-state index contributed by atoms with van der Waals surface area (Å²) in [7, 11) is -2.87. The second-order valence-corrected chi connectivity index (χ2v) is 6.99. The summed E-state index contributed by atoms with van der Waals surface area (Å²) in [6.07, 6.45) is 0.972. The molecule has 0 unspecified atom stereocenters. The maximum atomic E-state index is 11.4. The van der Waals surface area contributed by atoms with Gasteiger partial charge < -0.3 is 10.6 Å². The maximum Gasteiger partial charge on any atom is 0.153 e. The molecule has 0 atom stereocenters. The van der Waals surface area contributed by atoms with Crippen LogP contribution in [0.3, 0.4) is 0 Å². The number of nitrogens with zero attached hydrogens (tertiary/aromatic N) is 3. The lowest BCUT2D eigenvalue weighted by Crippen LogP contribution is -2.41. The Labute approximate surface area is 108 Å². The van der Waals surface area contributed by atoms with E-state index in [4.69, 9.17) is 5.73 Å². The highest BCUT2D eigenvalue weighted by Crippen LogP contribution is 2.27. The van der Waals surface area contributed by atoms with Crippen LogP contribution in [0.4, 0.5) is 11.5 Å². The number of rotatable bonds is 3. The molecule has 1 aliphatic rings. The van der Waals surface area contributed by atoms with Crippen molar-refractivity contribution in [3.05, 3.63) is 5.69 Å². The van der Waals surface area contributed by atoms with Crippen molar-refractivity contribution in [2.24, 2.45) is 0 Å². The highest BCUT2D eigenvalue weighted by Gasteiger charge is 2.26. The van der Waals surface area contributed by atoms with Gasteiger partial charge in [0.2, 0.25) is 0 Å². The van der Waals surface area contributed by atoms with Crippen LogP contribution < -0.4 is 10.6 Å². The molecule has 0 bridgehead atoms. The largest absolute Gasteiger partial charge is 0.394 e. The van der Waals surface area contributed by atoms with Gasteiger partial charge in [-0.15, -0.1) is 0 Å². The third-order valence-electron chi connectivity index (χ3n) is 3.23. The third-order valence-corrected chi connectivity index (χ3v) is 4.83. The molecule has 0 aliphatic carbocycles. The number of aromatic nitrogens is 2. The molecule has 6 nitrogen and oxygen atoms in total. The molecule has 0 amide bonds. The van der Waals surface area contributed by atoms with Gasteiger partial charge in [0.05, 0.1) is 22.9 Å². The first-order valence-electron chi connectivity index (χ1n) is 6.23. The van der Waals surface area contributed by atoms with Crippen LogP contribution in [0.2, 0.25) is 0 Å². The second-order valence-electron chi connectivity index (χ2n) is 4.68. The molecule has 2 heterocycles. The van der Waals surface area contributed by atoms with E-state index < -0.39 is 9.84 Å². The molecule has 0 saturated carbocycles. The summed E-state index contributed by atoms with van der Waals surface area (Å²) >= 11 is 0. The van der Waals surface area contributed by atoms with Crippen LogP contribution in [0.15, 0.2) is 0 Å². The van der Waals surface area contributed by atoms with Crippen LogP contribution in [0.5, 0.6) is 0 Å². The van der Waals surface area contributed by atoms with Crippen LogP contribution in [0, 0.1) is 6.92 Å². The Morgan fingerprint density at radius 2 is 1.94 bits per heavy atom. The number of nitrogens with two attached hydrogens (primary N) is 1. The van der Waals surface area contributed by atoms with E-state index >= 15 is 0 Å². The number of hydrogen-bond acceptors (Lipinski definition) is 5. The first-order chi connectivity index (χ1) is 8.44. The monoisotopic (exact) mass is 272 g/mol. The van der Waals surface area contributed by atoms with Gasteiger partial charge in [0, 0.05) is 19.6 Å². The second kappa shape index (κ2) is 4.79. The van der Waals surface area contributed by atoms with Gasteiger partial charge in [-0.25, -0.2) is 13.1 Å². The van der Waals surface area contributed by atoms with Gasteiger partial charge in [-0.3, -0.25) is 0 Å². The molecule has 7 heteroatoms. The van der Waals surface area contributed by atoms with Crippen LogP contribution in [0.1, 0.15) is 19.0 Å². The van der Waals surface area contributed by atoms with E-state index in [2.05, 4.69) is 12.0 Å². The number of hydrogen-bond donors (Lipinski definition) is 1. The molecule has 1 aromatic heterocycles. The molecular formula is C11H20N4O2S. The third kappa shape index (κ3) is 2.45. The van der Waals surface area contributed by atoms with Crippen LogP contribution >= 0.6 is 0 Å². The summed E-state index contributed by atoms with van der Waals surface area (Å²) in [6.45, 7) is 5.77. The van der Waals surface area contributed by atoms with E-state index in [-0.39, 0.29) is 11.5 Å². The normalized spacial score (nSPS) is 19.1. The summed E-state index contributed by atoms with van der Waals surface area (Å²) in [5.41, 5.74) is 7.54. The Kier molecular flexibility index (Phi) is 3.52. The smallest absolute Gasteiger partial charge is 0.153 e. The van der Waals surface area contributed by atoms with Crippen LogP contribution in [-0.2, 0) is 16.4 Å². The zero-order valence-corrected chi connectivity index (χ0v) is 11.7. The average molecular weight is 272 g/mol. The molecule has 1 fully saturated rings. The lowest BCUT2D eigenvalue weighted by atomic mass is 10.3. The van der Waals surface area contributed by atoms with Crippen molar-refractivity contribution in [2.45, 2.75) is 26.8 Å².